The Labute approximate surface area is 98.2 Å². The first-order chi connectivity index (χ1) is 8.08. The second kappa shape index (κ2) is 4.50. The molecule has 0 aromatic carbocycles. The van der Waals surface area contributed by atoms with Crippen LogP contribution in [0.4, 0.5) is 4.79 Å². The van der Waals surface area contributed by atoms with Crippen LogP contribution >= 0.6 is 0 Å². The van der Waals surface area contributed by atoms with E-state index >= 15 is 0 Å². The third-order valence-electron chi connectivity index (χ3n) is 3.03. The van der Waals surface area contributed by atoms with Crippen LogP contribution in [0.15, 0.2) is 0 Å². The fourth-order valence-corrected chi connectivity index (χ4v) is 2.21. The summed E-state index contributed by atoms with van der Waals surface area (Å²) in [6.45, 7) is 1.07. The minimum Gasteiger partial charge on any atom is -0.467 e. The number of rotatable bonds is 1. The predicted octanol–water partition coefficient (Wildman–Crippen LogP) is 0.0449. The SMILES string of the molecule is COC(=O)[C@@H]1CC2(CN1C(=O)O)OCCCO2. The van der Waals surface area contributed by atoms with Crippen LogP contribution in [0.1, 0.15) is 12.8 Å². The average molecular weight is 245 g/mol. The second-order valence-electron chi connectivity index (χ2n) is 4.11. The predicted molar refractivity (Wildman–Crippen MR) is 54.4 cm³/mol. The third kappa shape index (κ3) is 2.20. The largest absolute Gasteiger partial charge is 0.467 e. The van der Waals surface area contributed by atoms with Crippen molar-refractivity contribution in [1.29, 1.82) is 0 Å². The molecule has 0 bridgehead atoms. The van der Waals surface area contributed by atoms with Crippen molar-refractivity contribution in [3.05, 3.63) is 0 Å². The Morgan fingerprint density at radius 3 is 2.59 bits per heavy atom. The fraction of sp³-hybridized carbons (Fsp3) is 0.800. The summed E-state index contributed by atoms with van der Waals surface area (Å²) < 4.78 is 15.6. The summed E-state index contributed by atoms with van der Waals surface area (Å²) in [6, 6.07) is -0.851. The molecule has 2 rings (SSSR count). The van der Waals surface area contributed by atoms with Gasteiger partial charge < -0.3 is 19.3 Å². The molecule has 0 unspecified atom stereocenters. The van der Waals surface area contributed by atoms with Crippen molar-refractivity contribution in [2.75, 3.05) is 26.9 Å². The lowest BCUT2D eigenvalue weighted by Crippen LogP contribution is -2.44. The number of methoxy groups -OCH3 is 1. The third-order valence-corrected chi connectivity index (χ3v) is 3.03. The Kier molecular flexibility index (Phi) is 3.21. The maximum atomic E-state index is 11.5. The van der Waals surface area contributed by atoms with Gasteiger partial charge in [0.25, 0.3) is 0 Å². The van der Waals surface area contributed by atoms with E-state index in [-0.39, 0.29) is 13.0 Å². The van der Waals surface area contributed by atoms with Crippen LogP contribution in [-0.4, -0.2) is 60.8 Å². The maximum absolute atomic E-state index is 11.5. The van der Waals surface area contributed by atoms with Gasteiger partial charge >= 0.3 is 12.1 Å². The van der Waals surface area contributed by atoms with Crippen LogP contribution in [-0.2, 0) is 19.0 Å². The van der Waals surface area contributed by atoms with Crippen molar-refractivity contribution < 1.29 is 28.9 Å². The highest BCUT2D eigenvalue weighted by atomic mass is 16.7. The van der Waals surface area contributed by atoms with Gasteiger partial charge in [-0.1, -0.05) is 0 Å². The molecule has 0 aromatic heterocycles. The van der Waals surface area contributed by atoms with Crippen molar-refractivity contribution in [1.82, 2.24) is 4.90 Å². The maximum Gasteiger partial charge on any atom is 0.408 e. The number of hydrogen-bond acceptors (Lipinski definition) is 5. The van der Waals surface area contributed by atoms with Crippen LogP contribution < -0.4 is 0 Å². The van der Waals surface area contributed by atoms with Crippen molar-refractivity contribution in [3.63, 3.8) is 0 Å². The first-order valence-electron chi connectivity index (χ1n) is 5.43. The van der Waals surface area contributed by atoms with Crippen molar-refractivity contribution >= 4 is 12.1 Å². The second-order valence-corrected chi connectivity index (χ2v) is 4.11. The lowest BCUT2D eigenvalue weighted by Gasteiger charge is -2.33. The van der Waals surface area contributed by atoms with Gasteiger partial charge in [0, 0.05) is 6.42 Å². The molecule has 7 heteroatoms. The Hall–Kier alpha value is -1.34. The lowest BCUT2D eigenvalue weighted by atomic mass is 10.1. The van der Waals surface area contributed by atoms with E-state index in [4.69, 9.17) is 14.6 Å². The van der Waals surface area contributed by atoms with E-state index in [1.54, 1.807) is 0 Å². The summed E-state index contributed by atoms with van der Waals surface area (Å²) in [7, 11) is 1.23. The molecule has 1 N–H and O–H groups in total. The summed E-state index contributed by atoms with van der Waals surface area (Å²) in [4.78, 5) is 23.6. The molecule has 0 saturated carbocycles. The Bertz CT molecular complexity index is 325. The number of carbonyl (C=O) groups is 2. The highest BCUT2D eigenvalue weighted by molar-refractivity contribution is 5.81. The zero-order valence-corrected chi connectivity index (χ0v) is 9.55. The highest BCUT2D eigenvalue weighted by Crippen LogP contribution is 2.34. The molecule has 1 atom stereocenters. The average Bonchev–Trinajstić information content (AvgIpc) is 2.69. The number of hydrogen-bond donors (Lipinski definition) is 1. The van der Waals surface area contributed by atoms with Gasteiger partial charge in [-0.2, -0.15) is 0 Å². The van der Waals surface area contributed by atoms with Gasteiger partial charge in [-0.05, 0) is 6.42 Å². The molecule has 2 heterocycles. The number of ether oxygens (including phenoxy) is 3. The van der Waals surface area contributed by atoms with Gasteiger partial charge in [0.1, 0.15) is 6.04 Å². The molecule has 1 spiro atoms. The van der Waals surface area contributed by atoms with E-state index in [1.807, 2.05) is 0 Å². The van der Waals surface area contributed by atoms with Crippen molar-refractivity contribution in [3.8, 4) is 0 Å². The molecule has 96 valence electrons. The molecule has 2 saturated heterocycles. The van der Waals surface area contributed by atoms with Gasteiger partial charge in [0.15, 0.2) is 5.79 Å². The van der Waals surface area contributed by atoms with Crippen LogP contribution in [0.25, 0.3) is 0 Å². The molecule has 17 heavy (non-hydrogen) atoms. The lowest BCUT2D eigenvalue weighted by molar-refractivity contribution is -0.257. The zero-order valence-electron chi connectivity index (χ0n) is 9.55. The van der Waals surface area contributed by atoms with Crippen LogP contribution in [0.5, 0.6) is 0 Å². The van der Waals surface area contributed by atoms with Gasteiger partial charge in [-0.25, -0.2) is 9.59 Å². The van der Waals surface area contributed by atoms with E-state index in [0.717, 1.165) is 11.3 Å². The molecule has 0 radical (unpaired) electrons. The summed E-state index contributed by atoms with van der Waals surface area (Å²) in [5, 5.41) is 9.05. The van der Waals surface area contributed by atoms with Crippen LogP contribution in [0.3, 0.4) is 0 Å². The molecular formula is C10H15NO6. The minimum atomic E-state index is -1.17. The summed E-state index contributed by atoms with van der Waals surface area (Å²) in [5.41, 5.74) is 0. The quantitative estimate of drug-likeness (QED) is 0.657. The monoisotopic (exact) mass is 245 g/mol. The van der Waals surface area contributed by atoms with Crippen molar-refractivity contribution in [2.45, 2.75) is 24.7 Å². The van der Waals surface area contributed by atoms with Gasteiger partial charge in [-0.15, -0.1) is 0 Å². The molecule has 0 aromatic rings. The van der Waals surface area contributed by atoms with E-state index in [2.05, 4.69) is 4.74 Å². The number of carboxylic acid groups (broad SMARTS) is 1. The van der Waals surface area contributed by atoms with E-state index in [0.29, 0.717) is 13.2 Å². The van der Waals surface area contributed by atoms with Crippen molar-refractivity contribution in [2.24, 2.45) is 0 Å². The minimum absolute atomic E-state index is 0.0437. The number of nitrogens with zero attached hydrogens (tertiary/aromatic N) is 1. The van der Waals surface area contributed by atoms with Gasteiger partial charge in [0.05, 0.1) is 26.9 Å². The number of likely N-dealkylation sites (tertiary alicyclic amines) is 1. The number of carbonyl (C=O) groups excluding carboxylic acids is 1. The highest BCUT2D eigenvalue weighted by Gasteiger charge is 2.52. The van der Waals surface area contributed by atoms with Gasteiger partial charge in [-0.3, -0.25) is 4.90 Å². The van der Waals surface area contributed by atoms with E-state index < -0.39 is 23.9 Å². The smallest absolute Gasteiger partial charge is 0.408 e. The summed E-state index contributed by atoms with van der Waals surface area (Å²) >= 11 is 0. The first kappa shape index (κ1) is 12.1. The standard InChI is InChI=1S/C10H15NO6/c1-15-8(12)7-5-10(6-11(7)9(13)14)16-3-2-4-17-10/h7H,2-6H2,1H3,(H,13,14)/t7-/m0/s1. The van der Waals surface area contributed by atoms with E-state index in [1.165, 1.54) is 7.11 Å². The molecular weight excluding hydrogens is 230 g/mol. The Morgan fingerprint density at radius 1 is 1.41 bits per heavy atom. The fourth-order valence-electron chi connectivity index (χ4n) is 2.21. The number of esters is 1. The van der Waals surface area contributed by atoms with Crippen LogP contribution in [0.2, 0.25) is 0 Å². The Balaban J connectivity index is 2.15. The zero-order chi connectivity index (χ0) is 12.5. The van der Waals surface area contributed by atoms with E-state index in [9.17, 15) is 9.59 Å². The Morgan fingerprint density at radius 2 is 2.06 bits per heavy atom. The normalized spacial score (nSPS) is 27.1. The van der Waals surface area contributed by atoms with Crippen LogP contribution in [0, 0.1) is 0 Å². The first-order valence-corrected chi connectivity index (χ1v) is 5.43. The number of amides is 1. The summed E-state index contributed by atoms with van der Waals surface area (Å²) in [5.74, 6) is -1.56. The topological polar surface area (TPSA) is 85.3 Å². The molecule has 0 aliphatic carbocycles. The molecule has 7 nitrogen and oxygen atoms in total. The molecule has 1 amide bonds. The van der Waals surface area contributed by atoms with Gasteiger partial charge in [0.2, 0.25) is 0 Å². The molecule has 2 aliphatic rings. The molecule has 2 fully saturated rings. The summed E-state index contributed by atoms with van der Waals surface area (Å²) in [6.07, 6.45) is -0.209. The molecule has 2 aliphatic heterocycles.